The second kappa shape index (κ2) is 12.3. The Bertz CT molecular complexity index is 1670. The van der Waals surface area contributed by atoms with Gasteiger partial charge in [-0.15, -0.1) is 11.3 Å². The number of amides is 4. The summed E-state index contributed by atoms with van der Waals surface area (Å²) in [6.07, 6.45) is 4.82. The van der Waals surface area contributed by atoms with Gasteiger partial charge in [0, 0.05) is 25.1 Å². The molecule has 2 fully saturated rings. The number of aromatic nitrogens is 1. The standard InChI is InChI=1S/C34H34N4O7S/c39-30(24-9-3-4-10-25(24)34(43)44)37-15-12-20-6-5-11-27(45-21-13-14-36(17-21)33(42)28-16-35-19-46-28)29(20)26(37)18-38-31(40)22-7-1-2-8-23(22)32(38)41/h1-2,5-8,11,16,19,21,24-26H,3-4,9-10,12-15,17-18H2,(H,43,44)/t21-,24+,25-,26+/m0/s1. The number of carbonyl (C=O) groups excluding carboxylic acids is 4. The van der Waals surface area contributed by atoms with Crippen LogP contribution in [0.2, 0.25) is 0 Å². The minimum Gasteiger partial charge on any atom is -0.488 e. The first-order valence-electron chi connectivity index (χ1n) is 15.8. The first-order valence-corrected chi connectivity index (χ1v) is 16.6. The molecule has 4 heterocycles. The largest absolute Gasteiger partial charge is 0.488 e. The average molecular weight is 643 g/mol. The Morgan fingerprint density at radius 3 is 2.37 bits per heavy atom. The van der Waals surface area contributed by atoms with Gasteiger partial charge >= 0.3 is 5.97 Å². The maximum atomic E-state index is 14.3. The van der Waals surface area contributed by atoms with E-state index in [0.717, 1.165) is 18.4 Å². The van der Waals surface area contributed by atoms with Crippen molar-refractivity contribution in [2.45, 2.75) is 50.7 Å². The number of likely N-dealkylation sites (tertiary alicyclic amines) is 1. The number of aliphatic carboxylic acids is 1. The summed E-state index contributed by atoms with van der Waals surface area (Å²) >= 11 is 1.29. The van der Waals surface area contributed by atoms with Crippen LogP contribution in [0.4, 0.5) is 0 Å². The number of carboxylic acids is 1. The second-order valence-electron chi connectivity index (χ2n) is 12.4. The molecule has 4 atom stereocenters. The van der Waals surface area contributed by atoms with E-state index in [4.69, 9.17) is 4.74 Å². The monoisotopic (exact) mass is 642 g/mol. The number of hydrogen-bond donors (Lipinski definition) is 1. The molecule has 7 rings (SSSR count). The average Bonchev–Trinajstić information content (AvgIpc) is 3.83. The molecule has 0 unspecified atom stereocenters. The molecule has 1 saturated carbocycles. The van der Waals surface area contributed by atoms with Crippen molar-refractivity contribution in [3.63, 3.8) is 0 Å². The normalized spacial score (nSPS) is 24.1. The highest BCUT2D eigenvalue weighted by atomic mass is 32.1. The zero-order chi connectivity index (χ0) is 31.9. The van der Waals surface area contributed by atoms with Gasteiger partial charge in [0.2, 0.25) is 5.91 Å². The molecule has 0 spiro atoms. The lowest BCUT2D eigenvalue weighted by Gasteiger charge is -2.42. The van der Waals surface area contributed by atoms with Crippen LogP contribution in [0.25, 0.3) is 0 Å². The fourth-order valence-corrected chi connectivity index (χ4v) is 8.06. The molecule has 238 valence electrons. The Morgan fingerprint density at radius 2 is 1.67 bits per heavy atom. The molecule has 46 heavy (non-hydrogen) atoms. The van der Waals surface area contributed by atoms with Crippen LogP contribution in [0, 0.1) is 11.8 Å². The molecule has 0 bridgehead atoms. The number of thiazole rings is 1. The van der Waals surface area contributed by atoms with E-state index in [-0.39, 0.29) is 24.5 Å². The van der Waals surface area contributed by atoms with Gasteiger partial charge in [-0.2, -0.15) is 0 Å². The molecule has 2 aromatic carbocycles. The molecule has 12 heteroatoms. The van der Waals surface area contributed by atoms with Gasteiger partial charge in [0.25, 0.3) is 17.7 Å². The van der Waals surface area contributed by atoms with Crippen molar-refractivity contribution in [2.75, 3.05) is 26.2 Å². The van der Waals surface area contributed by atoms with Crippen LogP contribution >= 0.6 is 11.3 Å². The van der Waals surface area contributed by atoms with E-state index >= 15 is 0 Å². The number of imide groups is 1. The van der Waals surface area contributed by atoms with Crippen molar-refractivity contribution in [1.82, 2.24) is 19.7 Å². The van der Waals surface area contributed by atoms with Crippen molar-refractivity contribution in [3.8, 4) is 5.75 Å². The highest BCUT2D eigenvalue weighted by Gasteiger charge is 2.45. The maximum absolute atomic E-state index is 14.3. The third kappa shape index (κ3) is 5.34. The summed E-state index contributed by atoms with van der Waals surface area (Å²) in [6, 6.07) is 11.6. The van der Waals surface area contributed by atoms with Gasteiger partial charge < -0.3 is 19.6 Å². The summed E-state index contributed by atoms with van der Waals surface area (Å²) in [4.78, 5) is 75.7. The Balaban J connectivity index is 1.22. The number of benzene rings is 2. The van der Waals surface area contributed by atoms with E-state index in [1.807, 2.05) is 18.2 Å². The fraction of sp³-hybridized carbons (Fsp3) is 0.412. The summed E-state index contributed by atoms with van der Waals surface area (Å²) in [5.41, 5.74) is 3.92. The number of nitrogens with zero attached hydrogens (tertiary/aromatic N) is 4. The van der Waals surface area contributed by atoms with Gasteiger partial charge in [0.1, 0.15) is 16.7 Å². The zero-order valence-electron chi connectivity index (χ0n) is 25.2. The van der Waals surface area contributed by atoms with Crippen LogP contribution in [0.15, 0.2) is 54.2 Å². The van der Waals surface area contributed by atoms with Crippen LogP contribution in [0.3, 0.4) is 0 Å². The summed E-state index contributed by atoms with van der Waals surface area (Å²) in [5, 5.41) is 9.98. The molecule has 1 aromatic heterocycles. The zero-order valence-corrected chi connectivity index (χ0v) is 26.0. The van der Waals surface area contributed by atoms with E-state index in [1.165, 1.54) is 16.2 Å². The Kier molecular flexibility index (Phi) is 8.06. The van der Waals surface area contributed by atoms with Crippen LogP contribution in [0.5, 0.6) is 5.75 Å². The van der Waals surface area contributed by atoms with Crippen LogP contribution in [-0.4, -0.2) is 86.7 Å². The number of hydrogen-bond acceptors (Lipinski definition) is 8. The lowest BCUT2D eigenvalue weighted by atomic mass is 9.77. The highest BCUT2D eigenvalue weighted by Crippen LogP contribution is 2.42. The van der Waals surface area contributed by atoms with Crippen molar-refractivity contribution < 1.29 is 33.8 Å². The van der Waals surface area contributed by atoms with E-state index in [2.05, 4.69) is 4.98 Å². The molecular formula is C34H34N4O7S. The lowest BCUT2D eigenvalue weighted by molar-refractivity contribution is -0.153. The number of ether oxygens (including phenoxy) is 1. The molecule has 1 saturated heterocycles. The molecule has 3 aromatic rings. The van der Waals surface area contributed by atoms with Crippen molar-refractivity contribution >= 4 is 40.9 Å². The predicted molar refractivity (Wildman–Crippen MR) is 167 cm³/mol. The minimum atomic E-state index is -0.977. The first kappa shape index (κ1) is 30.1. The van der Waals surface area contributed by atoms with E-state index < -0.39 is 35.7 Å². The number of carboxylic acid groups (broad SMARTS) is 1. The topological polar surface area (TPSA) is 137 Å². The van der Waals surface area contributed by atoms with Gasteiger partial charge in [-0.25, -0.2) is 0 Å². The molecule has 0 radical (unpaired) electrons. The number of fused-ring (bicyclic) bond motifs is 2. The summed E-state index contributed by atoms with van der Waals surface area (Å²) in [5.74, 6) is -3.12. The van der Waals surface area contributed by atoms with Crippen LogP contribution < -0.4 is 4.74 Å². The number of rotatable bonds is 7. The SMILES string of the molecule is O=C(O)[C@H]1CCCC[C@H]1C(=O)N1CCc2cccc(O[C@H]3CCN(C(=O)c4cncs4)C3)c2[C@H]1CN1C(=O)c2ccccc2C1=O. The Morgan fingerprint density at radius 1 is 0.935 bits per heavy atom. The molecule has 1 N–H and O–H groups in total. The van der Waals surface area contributed by atoms with E-state index in [9.17, 15) is 29.1 Å². The third-order valence-electron chi connectivity index (χ3n) is 9.77. The summed E-state index contributed by atoms with van der Waals surface area (Å²) in [7, 11) is 0. The third-order valence-corrected chi connectivity index (χ3v) is 10.5. The van der Waals surface area contributed by atoms with Gasteiger partial charge in [-0.1, -0.05) is 37.1 Å². The van der Waals surface area contributed by atoms with Crippen molar-refractivity contribution in [3.05, 3.63) is 81.3 Å². The maximum Gasteiger partial charge on any atom is 0.307 e. The summed E-state index contributed by atoms with van der Waals surface area (Å²) in [6.45, 7) is 1.15. The highest BCUT2D eigenvalue weighted by molar-refractivity contribution is 7.11. The van der Waals surface area contributed by atoms with Crippen LogP contribution in [0.1, 0.15) is 79.7 Å². The Hall–Kier alpha value is -4.58. The van der Waals surface area contributed by atoms with E-state index in [1.54, 1.807) is 45.8 Å². The van der Waals surface area contributed by atoms with Crippen LogP contribution in [-0.2, 0) is 16.0 Å². The van der Waals surface area contributed by atoms with Gasteiger partial charge in [0.15, 0.2) is 0 Å². The Labute approximate surface area is 269 Å². The predicted octanol–water partition coefficient (Wildman–Crippen LogP) is 4.05. The first-order chi connectivity index (χ1) is 22.3. The molecule has 3 aliphatic heterocycles. The smallest absolute Gasteiger partial charge is 0.307 e. The van der Waals surface area contributed by atoms with Crippen molar-refractivity contribution in [1.29, 1.82) is 0 Å². The fourth-order valence-electron chi connectivity index (χ4n) is 7.47. The molecule has 4 aliphatic rings. The molecule has 1 aliphatic carbocycles. The quantitative estimate of drug-likeness (QED) is 0.381. The number of carbonyl (C=O) groups is 5. The van der Waals surface area contributed by atoms with E-state index in [0.29, 0.717) is 72.6 Å². The van der Waals surface area contributed by atoms with Crippen molar-refractivity contribution in [2.24, 2.45) is 11.8 Å². The summed E-state index contributed by atoms with van der Waals surface area (Å²) < 4.78 is 6.59. The second-order valence-corrected chi connectivity index (χ2v) is 13.3. The molecular weight excluding hydrogens is 608 g/mol. The van der Waals surface area contributed by atoms with Gasteiger partial charge in [-0.05, 0) is 43.0 Å². The lowest BCUT2D eigenvalue weighted by Crippen LogP contribution is -2.50. The minimum absolute atomic E-state index is 0.0867. The van der Waals surface area contributed by atoms with Gasteiger partial charge in [-0.3, -0.25) is 33.9 Å². The van der Waals surface area contributed by atoms with Gasteiger partial charge in [0.05, 0.1) is 53.8 Å². The molecule has 11 nitrogen and oxygen atoms in total. The molecule has 4 amide bonds.